The van der Waals surface area contributed by atoms with Crippen LogP contribution in [0.4, 0.5) is 0 Å². The third-order valence-corrected chi connectivity index (χ3v) is 4.92. The Morgan fingerprint density at radius 2 is 1.95 bits per heavy atom. The van der Waals surface area contributed by atoms with Gasteiger partial charge in [0.25, 0.3) is 0 Å². The van der Waals surface area contributed by atoms with E-state index in [0.29, 0.717) is 6.54 Å². The van der Waals surface area contributed by atoms with Crippen LogP contribution in [-0.2, 0) is 6.54 Å². The summed E-state index contributed by atoms with van der Waals surface area (Å²) in [6, 6.07) is 10.8. The molecule has 1 atom stereocenters. The second kappa shape index (κ2) is 6.72. The van der Waals surface area contributed by atoms with Crippen LogP contribution in [0.15, 0.2) is 30.3 Å². The van der Waals surface area contributed by atoms with E-state index < -0.39 is 0 Å². The number of benzene rings is 1. The first-order valence-corrected chi connectivity index (χ1v) is 7.92. The average molecular weight is 309 g/mol. The Morgan fingerprint density at radius 3 is 2.50 bits per heavy atom. The van der Waals surface area contributed by atoms with Crippen LogP contribution in [0.25, 0.3) is 0 Å². The molecule has 1 heterocycles. The number of nitrogens with two attached hydrogens (primary N) is 1. The topological polar surface area (TPSA) is 29.3 Å². The monoisotopic (exact) mass is 308 g/mol. The summed E-state index contributed by atoms with van der Waals surface area (Å²) in [6.45, 7) is 5.75. The highest BCUT2D eigenvalue weighted by Crippen LogP contribution is 2.26. The van der Waals surface area contributed by atoms with Gasteiger partial charge >= 0.3 is 0 Å². The highest BCUT2D eigenvalue weighted by atomic mass is 35.5. The maximum absolute atomic E-state index is 5.99. The van der Waals surface area contributed by atoms with Crippen molar-refractivity contribution in [3.63, 3.8) is 0 Å². The maximum Gasteiger partial charge on any atom is 0.0931 e. The van der Waals surface area contributed by atoms with Crippen LogP contribution in [0.1, 0.15) is 27.6 Å². The number of hydrogen-bond donors (Lipinski definition) is 1. The zero-order valence-electron chi connectivity index (χ0n) is 12.2. The number of thiophene rings is 1. The van der Waals surface area contributed by atoms with Gasteiger partial charge in [-0.15, -0.1) is 11.3 Å². The van der Waals surface area contributed by atoms with Crippen molar-refractivity contribution >= 4 is 22.9 Å². The Bertz CT molecular complexity index is 580. The van der Waals surface area contributed by atoms with Crippen molar-refractivity contribution in [3.8, 4) is 0 Å². The zero-order valence-corrected chi connectivity index (χ0v) is 13.8. The van der Waals surface area contributed by atoms with E-state index in [2.05, 4.69) is 50.1 Å². The molecule has 0 fully saturated rings. The van der Waals surface area contributed by atoms with Crippen LogP contribution >= 0.6 is 22.9 Å². The fraction of sp³-hybridized carbons (Fsp3) is 0.375. The molecule has 0 bridgehead atoms. The van der Waals surface area contributed by atoms with E-state index >= 15 is 0 Å². The molecular formula is C16H21ClN2S. The molecule has 0 radical (unpaired) electrons. The van der Waals surface area contributed by atoms with Gasteiger partial charge in [-0.1, -0.05) is 29.8 Å². The van der Waals surface area contributed by atoms with E-state index in [9.17, 15) is 0 Å². The molecule has 2 aromatic rings. The fourth-order valence-corrected chi connectivity index (χ4v) is 3.49. The van der Waals surface area contributed by atoms with Crippen molar-refractivity contribution in [1.29, 1.82) is 0 Å². The number of hydrogen-bond acceptors (Lipinski definition) is 3. The Kier molecular flexibility index (Phi) is 5.22. The summed E-state index contributed by atoms with van der Waals surface area (Å²) < 4.78 is 0.837. The molecule has 2 nitrogen and oxygen atoms in total. The molecule has 0 aliphatic carbocycles. The first-order chi connectivity index (χ1) is 9.51. The van der Waals surface area contributed by atoms with Crippen LogP contribution in [0.5, 0.6) is 0 Å². The predicted octanol–water partition coefficient (Wildman–Crippen LogP) is 4.15. The molecule has 0 saturated carbocycles. The van der Waals surface area contributed by atoms with Crippen LogP contribution in [-0.4, -0.2) is 18.5 Å². The predicted molar refractivity (Wildman–Crippen MR) is 88.5 cm³/mol. The Balaban J connectivity index is 2.16. The molecule has 108 valence electrons. The lowest BCUT2D eigenvalue weighted by Crippen LogP contribution is -2.30. The average Bonchev–Trinajstić information content (AvgIpc) is 2.80. The molecule has 0 spiro atoms. The molecule has 1 aromatic heterocycles. The Labute approximate surface area is 130 Å². The molecule has 20 heavy (non-hydrogen) atoms. The summed E-state index contributed by atoms with van der Waals surface area (Å²) in [7, 11) is 2.11. The standard InChI is InChI=1S/C16H21ClN2S/c1-11-4-5-13(8-12(11)2)15(9-18)19(3)10-14-6-7-16(17)20-14/h4-8,15H,9-10,18H2,1-3H3. The van der Waals surface area contributed by atoms with Gasteiger partial charge in [0, 0.05) is 24.0 Å². The lowest BCUT2D eigenvalue weighted by Gasteiger charge is -2.27. The van der Waals surface area contributed by atoms with Crippen molar-refractivity contribution < 1.29 is 0 Å². The molecule has 4 heteroatoms. The number of rotatable bonds is 5. The van der Waals surface area contributed by atoms with Gasteiger partial charge in [-0.2, -0.15) is 0 Å². The number of nitrogens with zero attached hydrogens (tertiary/aromatic N) is 1. The lowest BCUT2D eigenvalue weighted by atomic mass is 10.00. The van der Waals surface area contributed by atoms with Crippen molar-refractivity contribution in [2.24, 2.45) is 5.73 Å². The molecule has 0 aliphatic rings. The summed E-state index contributed by atoms with van der Waals surface area (Å²) in [6.07, 6.45) is 0. The maximum atomic E-state index is 5.99. The normalized spacial score (nSPS) is 12.9. The fourth-order valence-electron chi connectivity index (χ4n) is 2.34. The van der Waals surface area contributed by atoms with Crippen molar-refractivity contribution in [2.75, 3.05) is 13.6 Å². The number of likely N-dealkylation sites (N-methyl/N-ethyl adjacent to an activating group) is 1. The van der Waals surface area contributed by atoms with Crippen molar-refractivity contribution in [2.45, 2.75) is 26.4 Å². The number of halogens is 1. The van der Waals surface area contributed by atoms with Crippen LogP contribution in [0.3, 0.4) is 0 Å². The third-order valence-electron chi connectivity index (χ3n) is 3.71. The van der Waals surface area contributed by atoms with Crippen LogP contribution in [0, 0.1) is 13.8 Å². The largest absolute Gasteiger partial charge is 0.329 e. The Morgan fingerprint density at radius 1 is 1.20 bits per heavy atom. The zero-order chi connectivity index (χ0) is 14.7. The van der Waals surface area contributed by atoms with Gasteiger partial charge in [0.15, 0.2) is 0 Å². The van der Waals surface area contributed by atoms with Crippen molar-refractivity contribution in [3.05, 3.63) is 56.2 Å². The molecule has 1 unspecified atom stereocenters. The molecule has 0 amide bonds. The van der Waals surface area contributed by atoms with Gasteiger partial charge in [-0.25, -0.2) is 0 Å². The van der Waals surface area contributed by atoms with Gasteiger partial charge in [0.05, 0.1) is 4.34 Å². The van der Waals surface area contributed by atoms with Crippen LogP contribution in [0.2, 0.25) is 4.34 Å². The van der Waals surface area contributed by atoms with Crippen molar-refractivity contribution in [1.82, 2.24) is 4.90 Å². The van der Waals surface area contributed by atoms with Crippen LogP contribution < -0.4 is 5.73 Å². The van der Waals surface area contributed by atoms with Gasteiger partial charge < -0.3 is 5.73 Å². The minimum Gasteiger partial charge on any atom is -0.329 e. The minimum absolute atomic E-state index is 0.232. The van der Waals surface area contributed by atoms with E-state index in [4.69, 9.17) is 17.3 Å². The molecule has 2 N–H and O–H groups in total. The summed E-state index contributed by atoms with van der Waals surface area (Å²) in [5, 5.41) is 0. The van der Waals surface area contributed by atoms with E-state index in [-0.39, 0.29) is 6.04 Å². The minimum atomic E-state index is 0.232. The first kappa shape index (κ1) is 15.5. The van der Waals surface area contributed by atoms with E-state index in [1.54, 1.807) is 11.3 Å². The van der Waals surface area contributed by atoms with Gasteiger partial charge in [0.2, 0.25) is 0 Å². The molecular weight excluding hydrogens is 288 g/mol. The number of aryl methyl sites for hydroxylation is 2. The first-order valence-electron chi connectivity index (χ1n) is 6.73. The van der Waals surface area contributed by atoms with Gasteiger partial charge in [0.1, 0.15) is 0 Å². The van der Waals surface area contributed by atoms with E-state index in [1.165, 1.54) is 21.6 Å². The van der Waals surface area contributed by atoms with Gasteiger partial charge in [-0.05, 0) is 49.7 Å². The second-order valence-electron chi connectivity index (χ2n) is 5.22. The SMILES string of the molecule is Cc1ccc(C(CN)N(C)Cc2ccc(Cl)s2)cc1C. The van der Waals surface area contributed by atoms with E-state index in [1.807, 2.05) is 6.07 Å². The smallest absolute Gasteiger partial charge is 0.0931 e. The lowest BCUT2D eigenvalue weighted by molar-refractivity contribution is 0.244. The molecule has 2 rings (SSSR count). The summed E-state index contributed by atoms with van der Waals surface area (Å²) in [5.41, 5.74) is 9.90. The quantitative estimate of drug-likeness (QED) is 0.899. The summed E-state index contributed by atoms with van der Waals surface area (Å²) in [5.74, 6) is 0. The second-order valence-corrected chi connectivity index (χ2v) is 7.02. The highest BCUT2D eigenvalue weighted by Gasteiger charge is 2.16. The molecule has 0 saturated heterocycles. The summed E-state index contributed by atoms with van der Waals surface area (Å²) >= 11 is 7.62. The summed E-state index contributed by atoms with van der Waals surface area (Å²) in [4.78, 5) is 3.55. The van der Waals surface area contributed by atoms with E-state index in [0.717, 1.165) is 10.9 Å². The highest BCUT2D eigenvalue weighted by molar-refractivity contribution is 7.16. The third kappa shape index (κ3) is 3.61. The molecule has 1 aromatic carbocycles. The Hall–Kier alpha value is -0.870. The molecule has 0 aliphatic heterocycles. The van der Waals surface area contributed by atoms with Gasteiger partial charge in [-0.3, -0.25) is 4.90 Å².